The topological polar surface area (TPSA) is 63.9 Å². The molecule has 120 valence electrons. The molecule has 0 unspecified atom stereocenters. The maximum absolute atomic E-state index is 13.2. The lowest BCUT2D eigenvalue weighted by Gasteiger charge is -2.28. The third-order valence-corrected chi connectivity index (χ3v) is 5.00. The number of hydrogen-bond acceptors (Lipinski definition) is 4. The highest BCUT2D eigenvalue weighted by molar-refractivity contribution is 5.83. The normalized spacial score (nSPS) is 24.3. The molecule has 1 aromatic carbocycles. The molecule has 2 aliphatic rings. The van der Waals surface area contributed by atoms with Gasteiger partial charge in [-0.1, -0.05) is 36.8 Å². The minimum atomic E-state index is -0.197. The molecule has 0 saturated carbocycles. The van der Waals surface area contributed by atoms with E-state index in [0.717, 1.165) is 51.0 Å². The standard InChI is InChI=1S/C17H21N5O/c23-17(14-9-4-5-12-22-16(14)18-19-20-22)21-11-6-10-15(21)13-7-2-1-3-8-13/h1-3,7-8,14-15H,4-6,9-12H2/t14-,15-/m0/s1. The number of hydrogen-bond donors (Lipinski definition) is 0. The molecule has 6 heteroatoms. The van der Waals surface area contributed by atoms with E-state index in [0.29, 0.717) is 0 Å². The number of carbonyl (C=O) groups excluding carboxylic acids is 1. The van der Waals surface area contributed by atoms with Gasteiger partial charge in [0.15, 0.2) is 5.82 Å². The second-order valence-electron chi connectivity index (χ2n) is 6.41. The van der Waals surface area contributed by atoms with Gasteiger partial charge in [0.1, 0.15) is 0 Å². The van der Waals surface area contributed by atoms with Crippen molar-refractivity contribution in [1.82, 2.24) is 25.1 Å². The highest BCUT2D eigenvalue weighted by Crippen LogP contribution is 2.36. The molecule has 1 amide bonds. The van der Waals surface area contributed by atoms with Crippen LogP contribution in [-0.4, -0.2) is 37.6 Å². The van der Waals surface area contributed by atoms with Crippen LogP contribution in [0.1, 0.15) is 55.5 Å². The summed E-state index contributed by atoms with van der Waals surface area (Å²) in [6, 6.07) is 10.5. The van der Waals surface area contributed by atoms with E-state index in [1.54, 1.807) is 0 Å². The van der Waals surface area contributed by atoms with Crippen molar-refractivity contribution in [2.24, 2.45) is 0 Å². The number of nitrogens with zero attached hydrogens (tertiary/aromatic N) is 5. The third-order valence-electron chi connectivity index (χ3n) is 5.00. The van der Waals surface area contributed by atoms with Crippen LogP contribution in [0, 0.1) is 0 Å². The molecule has 23 heavy (non-hydrogen) atoms. The van der Waals surface area contributed by atoms with Crippen molar-refractivity contribution in [2.75, 3.05) is 6.54 Å². The van der Waals surface area contributed by atoms with Gasteiger partial charge < -0.3 is 4.90 Å². The average Bonchev–Trinajstić information content (AvgIpc) is 3.21. The van der Waals surface area contributed by atoms with Crippen LogP contribution in [0.5, 0.6) is 0 Å². The van der Waals surface area contributed by atoms with Crippen LogP contribution in [-0.2, 0) is 11.3 Å². The van der Waals surface area contributed by atoms with Crippen molar-refractivity contribution in [3.05, 3.63) is 41.7 Å². The lowest BCUT2D eigenvalue weighted by Crippen LogP contribution is -2.35. The van der Waals surface area contributed by atoms with Gasteiger partial charge in [0.05, 0.1) is 12.0 Å². The average molecular weight is 311 g/mol. The maximum atomic E-state index is 13.2. The van der Waals surface area contributed by atoms with E-state index in [4.69, 9.17) is 0 Å². The van der Waals surface area contributed by atoms with Gasteiger partial charge in [0.2, 0.25) is 5.91 Å². The molecule has 4 rings (SSSR count). The molecule has 0 bridgehead atoms. The van der Waals surface area contributed by atoms with E-state index in [1.165, 1.54) is 5.56 Å². The summed E-state index contributed by atoms with van der Waals surface area (Å²) in [6.07, 6.45) is 5.00. The summed E-state index contributed by atoms with van der Waals surface area (Å²) < 4.78 is 1.81. The van der Waals surface area contributed by atoms with Crippen molar-refractivity contribution < 1.29 is 4.79 Å². The van der Waals surface area contributed by atoms with E-state index in [-0.39, 0.29) is 17.9 Å². The van der Waals surface area contributed by atoms with Crippen LogP contribution in [0.4, 0.5) is 0 Å². The number of carbonyl (C=O) groups is 1. The van der Waals surface area contributed by atoms with E-state index >= 15 is 0 Å². The quantitative estimate of drug-likeness (QED) is 0.853. The van der Waals surface area contributed by atoms with Crippen LogP contribution in [0.2, 0.25) is 0 Å². The Bertz CT molecular complexity index is 683. The zero-order chi connectivity index (χ0) is 15.6. The zero-order valence-corrected chi connectivity index (χ0v) is 13.1. The van der Waals surface area contributed by atoms with Crippen molar-refractivity contribution >= 4 is 5.91 Å². The Balaban J connectivity index is 1.61. The Morgan fingerprint density at radius 2 is 1.91 bits per heavy atom. The molecule has 0 aliphatic carbocycles. The Morgan fingerprint density at radius 1 is 1.04 bits per heavy atom. The summed E-state index contributed by atoms with van der Waals surface area (Å²) in [6.45, 7) is 1.64. The molecule has 1 fully saturated rings. The molecule has 1 saturated heterocycles. The lowest BCUT2D eigenvalue weighted by atomic mass is 9.98. The molecule has 6 nitrogen and oxygen atoms in total. The van der Waals surface area contributed by atoms with Crippen molar-refractivity contribution in [3.63, 3.8) is 0 Å². The minimum Gasteiger partial charge on any atom is -0.335 e. The van der Waals surface area contributed by atoms with E-state index in [2.05, 4.69) is 27.7 Å². The third kappa shape index (κ3) is 2.62. The first-order valence-electron chi connectivity index (χ1n) is 8.46. The fourth-order valence-electron chi connectivity index (χ4n) is 3.85. The number of tetrazole rings is 1. The Hall–Kier alpha value is -2.24. The summed E-state index contributed by atoms with van der Waals surface area (Å²) in [5.41, 5.74) is 1.23. The molecular weight excluding hydrogens is 290 g/mol. The number of amides is 1. The number of benzene rings is 1. The predicted molar refractivity (Wildman–Crippen MR) is 84.5 cm³/mol. The number of aryl methyl sites for hydroxylation is 1. The van der Waals surface area contributed by atoms with Crippen molar-refractivity contribution in [2.45, 2.75) is 50.6 Å². The van der Waals surface area contributed by atoms with E-state index in [1.807, 2.05) is 27.8 Å². The molecule has 1 aromatic heterocycles. The molecule has 2 aliphatic heterocycles. The maximum Gasteiger partial charge on any atom is 0.233 e. The van der Waals surface area contributed by atoms with Gasteiger partial charge in [0, 0.05) is 13.1 Å². The first-order valence-corrected chi connectivity index (χ1v) is 8.46. The molecule has 3 heterocycles. The van der Waals surface area contributed by atoms with Gasteiger partial charge in [-0.2, -0.15) is 0 Å². The SMILES string of the molecule is O=C([C@H]1CCCCn2nnnc21)N1CCC[C@H]1c1ccccc1. The van der Waals surface area contributed by atoms with Crippen LogP contribution in [0.15, 0.2) is 30.3 Å². The smallest absolute Gasteiger partial charge is 0.233 e. The van der Waals surface area contributed by atoms with Crippen molar-refractivity contribution in [1.29, 1.82) is 0 Å². The fourth-order valence-corrected chi connectivity index (χ4v) is 3.85. The van der Waals surface area contributed by atoms with E-state index < -0.39 is 0 Å². The van der Waals surface area contributed by atoms with Gasteiger partial charge in [-0.3, -0.25) is 4.79 Å². The molecular formula is C17H21N5O. The number of aromatic nitrogens is 4. The first kappa shape index (κ1) is 14.4. The molecule has 0 N–H and O–H groups in total. The van der Waals surface area contributed by atoms with Gasteiger partial charge in [0.25, 0.3) is 0 Å². The summed E-state index contributed by atoms with van der Waals surface area (Å²) in [4.78, 5) is 15.3. The highest BCUT2D eigenvalue weighted by atomic mass is 16.2. The Morgan fingerprint density at radius 3 is 2.78 bits per heavy atom. The first-order chi connectivity index (χ1) is 11.3. The van der Waals surface area contributed by atoms with Crippen LogP contribution < -0.4 is 0 Å². The summed E-state index contributed by atoms with van der Waals surface area (Å²) in [7, 11) is 0. The largest absolute Gasteiger partial charge is 0.335 e. The second-order valence-corrected chi connectivity index (χ2v) is 6.41. The van der Waals surface area contributed by atoms with E-state index in [9.17, 15) is 4.79 Å². The number of rotatable bonds is 2. The summed E-state index contributed by atoms with van der Waals surface area (Å²) in [5.74, 6) is 0.734. The Kier molecular flexibility index (Phi) is 3.81. The predicted octanol–water partition coefficient (Wildman–Crippen LogP) is 2.30. The van der Waals surface area contributed by atoms with Crippen LogP contribution >= 0.6 is 0 Å². The molecule has 0 spiro atoms. The van der Waals surface area contributed by atoms with Crippen LogP contribution in [0.25, 0.3) is 0 Å². The van der Waals surface area contributed by atoms with Crippen molar-refractivity contribution in [3.8, 4) is 0 Å². The van der Waals surface area contributed by atoms with Gasteiger partial charge in [-0.25, -0.2) is 4.68 Å². The zero-order valence-electron chi connectivity index (χ0n) is 13.1. The van der Waals surface area contributed by atoms with Gasteiger partial charge in [-0.05, 0) is 41.7 Å². The molecule has 2 atom stereocenters. The Labute approximate surface area is 135 Å². The second kappa shape index (κ2) is 6.10. The highest BCUT2D eigenvalue weighted by Gasteiger charge is 2.37. The van der Waals surface area contributed by atoms with Gasteiger partial charge >= 0.3 is 0 Å². The lowest BCUT2D eigenvalue weighted by molar-refractivity contribution is -0.134. The molecule has 2 aromatic rings. The molecule has 0 radical (unpaired) electrons. The van der Waals surface area contributed by atoms with Crippen LogP contribution in [0.3, 0.4) is 0 Å². The van der Waals surface area contributed by atoms with Gasteiger partial charge in [-0.15, -0.1) is 5.10 Å². The summed E-state index contributed by atoms with van der Waals surface area (Å²) in [5, 5.41) is 12.0. The minimum absolute atomic E-state index is 0.189. The fraction of sp³-hybridized carbons (Fsp3) is 0.529. The number of likely N-dealkylation sites (tertiary alicyclic amines) is 1. The summed E-state index contributed by atoms with van der Waals surface area (Å²) >= 11 is 0. The number of fused-ring (bicyclic) bond motifs is 1. The monoisotopic (exact) mass is 311 g/mol.